The summed E-state index contributed by atoms with van der Waals surface area (Å²) in [5.41, 5.74) is -0.219. The van der Waals surface area contributed by atoms with Crippen LogP contribution >= 0.6 is 0 Å². The molecule has 0 N–H and O–H groups in total. The van der Waals surface area contributed by atoms with Gasteiger partial charge in [-0.15, -0.1) is 3.89 Å². The normalized spacial score (nSPS) is 19.4. The van der Waals surface area contributed by atoms with E-state index in [-0.39, 0.29) is 30.4 Å². The van der Waals surface area contributed by atoms with E-state index >= 15 is 0 Å². The Kier molecular flexibility index (Phi) is 3.66. The maximum Gasteiger partial charge on any atom is 0.302 e. The summed E-state index contributed by atoms with van der Waals surface area (Å²) in [7, 11) is -4.64. The summed E-state index contributed by atoms with van der Waals surface area (Å²) in [6.07, 6.45) is 0.906. The summed E-state index contributed by atoms with van der Waals surface area (Å²) in [5, 5.41) is 10.5. The van der Waals surface area contributed by atoms with Gasteiger partial charge in [0.15, 0.2) is 0 Å². The van der Waals surface area contributed by atoms with Crippen molar-refractivity contribution in [2.45, 2.75) is 6.42 Å². The third kappa shape index (κ3) is 3.26. The first-order valence-corrected chi connectivity index (χ1v) is 7.14. The zero-order valence-electron chi connectivity index (χ0n) is 10.1. The molecule has 0 aliphatic carbocycles. The van der Waals surface area contributed by atoms with E-state index in [1.807, 2.05) is 0 Å². The van der Waals surface area contributed by atoms with Crippen LogP contribution < -0.4 is 4.90 Å². The molecule has 20 heavy (non-hydrogen) atoms. The van der Waals surface area contributed by atoms with E-state index in [1.165, 1.54) is 17.0 Å². The highest BCUT2D eigenvalue weighted by atomic mass is 32.3. The zero-order valence-corrected chi connectivity index (χ0v) is 10.9. The minimum Gasteiger partial charge on any atom is -0.296 e. The van der Waals surface area contributed by atoms with E-state index in [4.69, 9.17) is 0 Å². The summed E-state index contributed by atoms with van der Waals surface area (Å²) in [6.45, 7) is 0.0206. The third-order valence-electron chi connectivity index (χ3n) is 2.86. The number of carbonyl (C=O) groups is 1. The van der Waals surface area contributed by atoms with Crippen LogP contribution in [0, 0.1) is 16.0 Å². The Morgan fingerprint density at radius 2 is 2.20 bits per heavy atom. The lowest BCUT2D eigenvalue weighted by Gasteiger charge is -2.14. The molecule has 2 heterocycles. The number of halogens is 1. The topological polar surface area (TPSA) is 110 Å². The highest BCUT2D eigenvalue weighted by Crippen LogP contribution is 2.25. The SMILES string of the molecule is O=C1CC(CS(=O)(=O)F)CN1c1ccc([N+](=O)[O-])cn1. The van der Waals surface area contributed by atoms with Crippen molar-refractivity contribution in [3.63, 3.8) is 0 Å². The van der Waals surface area contributed by atoms with Gasteiger partial charge in [-0.3, -0.25) is 19.8 Å². The van der Waals surface area contributed by atoms with Gasteiger partial charge in [0, 0.05) is 24.9 Å². The van der Waals surface area contributed by atoms with Crippen molar-refractivity contribution in [2.24, 2.45) is 5.92 Å². The van der Waals surface area contributed by atoms with Crippen molar-refractivity contribution in [1.29, 1.82) is 0 Å². The van der Waals surface area contributed by atoms with Crippen molar-refractivity contribution in [1.82, 2.24) is 4.98 Å². The molecule has 8 nitrogen and oxygen atoms in total. The number of pyridine rings is 1. The van der Waals surface area contributed by atoms with Crippen molar-refractivity contribution in [3.05, 3.63) is 28.4 Å². The molecule has 1 aromatic heterocycles. The van der Waals surface area contributed by atoms with Gasteiger partial charge < -0.3 is 0 Å². The molecule has 0 saturated carbocycles. The Morgan fingerprint density at radius 1 is 1.50 bits per heavy atom. The maximum absolute atomic E-state index is 12.6. The standard InChI is InChI=1S/C10H10FN3O5S/c11-20(18,19)6-7-3-10(15)13(5-7)9-2-1-8(4-12-9)14(16)17/h1-2,4,7H,3,5-6H2. The molecule has 1 unspecified atom stereocenters. The number of hydrogen-bond donors (Lipinski definition) is 0. The molecule has 10 heteroatoms. The molecule has 0 aromatic carbocycles. The molecular weight excluding hydrogens is 293 g/mol. The van der Waals surface area contributed by atoms with E-state index in [0.29, 0.717) is 0 Å². The Balaban J connectivity index is 2.13. The quantitative estimate of drug-likeness (QED) is 0.458. The van der Waals surface area contributed by atoms with E-state index in [2.05, 4.69) is 4.98 Å². The number of hydrogen-bond acceptors (Lipinski definition) is 6. The first-order valence-electron chi connectivity index (χ1n) is 5.59. The van der Waals surface area contributed by atoms with Crippen molar-refractivity contribution in [3.8, 4) is 0 Å². The molecule has 2 rings (SSSR count). The van der Waals surface area contributed by atoms with Crippen LogP contribution in [0.4, 0.5) is 15.4 Å². The van der Waals surface area contributed by atoms with Gasteiger partial charge in [0.25, 0.3) is 5.69 Å². The summed E-state index contributed by atoms with van der Waals surface area (Å²) in [4.78, 5) is 26.6. The van der Waals surface area contributed by atoms with E-state index in [0.717, 1.165) is 6.20 Å². The van der Waals surface area contributed by atoms with Crippen LogP contribution in [0.1, 0.15) is 6.42 Å². The van der Waals surface area contributed by atoms with Crippen LogP contribution in [0.3, 0.4) is 0 Å². The fraction of sp³-hybridized carbons (Fsp3) is 0.400. The molecule has 1 amide bonds. The molecule has 108 valence electrons. The lowest BCUT2D eigenvalue weighted by Crippen LogP contribution is -2.26. The Labute approximate surface area is 113 Å². The van der Waals surface area contributed by atoms with E-state index in [9.17, 15) is 27.2 Å². The van der Waals surface area contributed by atoms with Gasteiger partial charge in [-0.2, -0.15) is 8.42 Å². The smallest absolute Gasteiger partial charge is 0.296 e. The Bertz CT molecular complexity index is 645. The Morgan fingerprint density at radius 3 is 2.70 bits per heavy atom. The van der Waals surface area contributed by atoms with Gasteiger partial charge in [-0.05, 0) is 6.07 Å². The van der Waals surface area contributed by atoms with Gasteiger partial charge in [-0.1, -0.05) is 0 Å². The second-order valence-corrected chi connectivity index (χ2v) is 5.82. The molecule has 1 aromatic rings. The van der Waals surface area contributed by atoms with Gasteiger partial charge in [0.1, 0.15) is 12.0 Å². The Hall–Kier alpha value is -2.10. The first kappa shape index (κ1) is 14.3. The van der Waals surface area contributed by atoms with Crippen molar-refractivity contribution in [2.75, 3.05) is 17.2 Å². The average Bonchev–Trinajstić information content (AvgIpc) is 2.67. The lowest BCUT2D eigenvalue weighted by molar-refractivity contribution is -0.385. The highest BCUT2D eigenvalue weighted by molar-refractivity contribution is 7.86. The van der Waals surface area contributed by atoms with Crippen molar-refractivity contribution >= 4 is 27.6 Å². The minimum absolute atomic E-state index is 0.0206. The first-order chi connectivity index (χ1) is 9.26. The van der Waals surface area contributed by atoms with Gasteiger partial charge >= 0.3 is 10.2 Å². The molecule has 1 atom stereocenters. The number of nitrogens with zero attached hydrogens (tertiary/aromatic N) is 3. The predicted octanol–water partition coefficient (Wildman–Crippen LogP) is 0.642. The van der Waals surface area contributed by atoms with Crippen molar-refractivity contribution < 1.29 is 22.0 Å². The van der Waals surface area contributed by atoms with E-state index < -0.39 is 26.8 Å². The zero-order chi connectivity index (χ0) is 14.9. The van der Waals surface area contributed by atoms with Crippen LogP contribution in [-0.4, -0.2) is 36.5 Å². The number of anilines is 1. The molecule has 0 bridgehead atoms. The summed E-state index contributed by atoms with van der Waals surface area (Å²) in [5.74, 6) is -1.57. The number of rotatable bonds is 4. The van der Waals surface area contributed by atoms with Crippen LogP contribution in [-0.2, 0) is 15.0 Å². The van der Waals surface area contributed by atoms with Gasteiger partial charge in [0.05, 0.1) is 10.7 Å². The van der Waals surface area contributed by atoms with Gasteiger partial charge in [-0.25, -0.2) is 4.98 Å². The number of aromatic nitrogens is 1. The summed E-state index contributed by atoms with van der Waals surface area (Å²) < 4.78 is 33.7. The average molecular weight is 303 g/mol. The molecule has 1 aliphatic rings. The van der Waals surface area contributed by atoms with Crippen LogP contribution in [0.25, 0.3) is 0 Å². The van der Waals surface area contributed by atoms with Crippen LogP contribution in [0.15, 0.2) is 18.3 Å². The molecule has 0 spiro atoms. The molecule has 1 saturated heterocycles. The van der Waals surface area contributed by atoms with Crippen LogP contribution in [0.5, 0.6) is 0 Å². The molecule has 1 aliphatic heterocycles. The summed E-state index contributed by atoms with van der Waals surface area (Å²) >= 11 is 0. The van der Waals surface area contributed by atoms with E-state index in [1.54, 1.807) is 0 Å². The second kappa shape index (κ2) is 5.12. The van der Waals surface area contributed by atoms with Crippen LogP contribution in [0.2, 0.25) is 0 Å². The molecular formula is C10H10FN3O5S. The summed E-state index contributed by atoms with van der Waals surface area (Å²) in [6, 6.07) is 2.48. The number of nitro groups is 1. The fourth-order valence-corrected chi connectivity index (χ4v) is 2.83. The lowest BCUT2D eigenvalue weighted by atomic mass is 10.1. The minimum atomic E-state index is -4.64. The predicted molar refractivity (Wildman–Crippen MR) is 66.2 cm³/mol. The molecule has 0 radical (unpaired) electrons. The highest BCUT2D eigenvalue weighted by Gasteiger charge is 2.34. The monoisotopic (exact) mass is 303 g/mol. The maximum atomic E-state index is 12.6. The second-order valence-electron chi connectivity index (χ2n) is 4.41. The number of amides is 1. The number of carbonyl (C=O) groups excluding carboxylic acids is 1. The molecule has 1 fully saturated rings. The van der Waals surface area contributed by atoms with Gasteiger partial charge in [0.2, 0.25) is 5.91 Å². The fourth-order valence-electron chi connectivity index (χ4n) is 2.04. The third-order valence-corrected chi connectivity index (χ3v) is 3.73. The largest absolute Gasteiger partial charge is 0.302 e.